The molecule has 0 aliphatic carbocycles. The van der Waals surface area contributed by atoms with E-state index in [0.29, 0.717) is 11.3 Å². The Morgan fingerprint density at radius 1 is 1.35 bits per heavy atom. The van der Waals surface area contributed by atoms with Crippen LogP contribution in [0.3, 0.4) is 0 Å². The van der Waals surface area contributed by atoms with Crippen LogP contribution >= 0.6 is 0 Å². The second kappa shape index (κ2) is 6.89. The van der Waals surface area contributed by atoms with Crippen molar-refractivity contribution in [1.82, 2.24) is 19.9 Å². The summed E-state index contributed by atoms with van der Waals surface area (Å²) < 4.78 is 15.2. The lowest BCUT2D eigenvalue weighted by Gasteiger charge is -2.34. The Hall–Kier alpha value is -2.24. The van der Waals surface area contributed by atoms with Crippen LogP contribution in [0.1, 0.15) is 48.7 Å². The number of aromatic nitrogens is 3. The number of likely N-dealkylation sites (tertiary alicyclic amines) is 1. The first-order valence-corrected chi connectivity index (χ1v) is 8.13. The highest BCUT2D eigenvalue weighted by molar-refractivity contribution is 5.92. The first-order valence-electron chi connectivity index (χ1n) is 8.13. The van der Waals surface area contributed by atoms with E-state index in [9.17, 15) is 9.18 Å². The summed E-state index contributed by atoms with van der Waals surface area (Å²) in [5.74, 6) is -0.353. The molecule has 0 bridgehead atoms. The van der Waals surface area contributed by atoms with E-state index in [4.69, 9.17) is 0 Å². The van der Waals surface area contributed by atoms with Gasteiger partial charge in [0.2, 0.25) is 0 Å². The van der Waals surface area contributed by atoms with E-state index >= 15 is 0 Å². The Balaban J connectivity index is 1.73. The number of hydrogen-bond acceptors (Lipinski definition) is 3. The van der Waals surface area contributed by atoms with Crippen LogP contribution in [0.15, 0.2) is 30.5 Å². The topological polar surface area (TPSA) is 51.0 Å². The summed E-state index contributed by atoms with van der Waals surface area (Å²) in [7, 11) is 0. The van der Waals surface area contributed by atoms with Crippen LogP contribution in [0.4, 0.5) is 4.39 Å². The monoisotopic (exact) mass is 316 g/mol. The SMILES string of the molecule is CC[C@@H]1CCCCN1C(=O)c1cn(Cc2ccccc2F)nn1. The maximum Gasteiger partial charge on any atom is 0.276 e. The predicted molar refractivity (Wildman–Crippen MR) is 84.5 cm³/mol. The van der Waals surface area contributed by atoms with Crippen molar-refractivity contribution in [2.24, 2.45) is 0 Å². The van der Waals surface area contributed by atoms with Crippen LogP contribution in [0, 0.1) is 5.82 Å². The molecular formula is C17H21FN4O. The summed E-state index contributed by atoms with van der Waals surface area (Å²) in [5, 5.41) is 7.96. The number of benzene rings is 1. The zero-order valence-electron chi connectivity index (χ0n) is 13.3. The first-order chi connectivity index (χ1) is 11.2. The van der Waals surface area contributed by atoms with E-state index in [2.05, 4.69) is 17.2 Å². The van der Waals surface area contributed by atoms with Crippen LogP contribution in [0.25, 0.3) is 0 Å². The number of piperidine rings is 1. The van der Waals surface area contributed by atoms with Crippen LogP contribution < -0.4 is 0 Å². The van der Waals surface area contributed by atoms with Gasteiger partial charge in [-0.15, -0.1) is 5.10 Å². The average Bonchev–Trinajstić information content (AvgIpc) is 3.05. The van der Waals surface area contributed by atoms with Crippen molar-refractivity contribution in [2.75, 3.05) is 6.54 Å². The van der Waals surface area contributed by atoms with E-state index in [1.807, 2.05) is 4.90 Å². The number of amides is 1. The fraction of sp³-hybridized carbons (Fsp3) is 0.471. The largest absolute Gasteiger partial charge is 0.334 e. The van der Waals surface area contributed by atoms with Gasteiger partial charge in [-0.1, -0.05) is 30.3 Å². The zero-order chi connectivity index (χ0) is 16.2. The molecule has 0 saturated carbocycles. The first kappa shape index (κ1) is 15.6. The smallest absolute Gasteiger partial charge is 0.276 e. The van der Waals surface area contributed by atoms with E-state index < -0.39 is 0 Å². The summed E-state index contributed by atoms with van der Waals surface area (Å²) in [6, 6.07) is 6.83. The molecule has 3 rings (SSSR count). The Morgan fingerprint density at radius 3 is 2.96 bits per heavy atom. The molecule has 1 aromatic heterocycles. The maximum absolute atomic E-state index is 13.7. The lowest BCUT2D eigenvalue weighted by atomic mass is 10.00. The van der Waals surface area contributed by atoms with Gasteiger partial charge in [-0.05, 0) is 31.7 Å². The lowest BCUT2D eigenvalue weighted by molar-refractivity contribution is 0.0602. The van der Waals surface area contributed by atoms with Crippen molar-refractivity contribution in [1.29, 1.82) is 0 Å². The van der Waals surface area contributed by atoms with Gasteiger partial charge in [0, 0.05) is 18.2 Å². The molecule has 0 unspecified atom stereocenters. The van der Waals surface area contributed by atoms with Gasteiger partial charge in [-0.2, -0.15) is 0 Å². The van der Waals surface area contributed by atoms with Crippen LogP contribution in [-0.2, 0) is 6.54 Å². The van der Waals surface area contributed by atoms with Crippen LogP contribution in [0.5, 0.6) is 0 Å². The van der Waals surface area contributed by atoms with Gasteiger partial charge in [-0.3, -0.25) is 4.79 Å². The molecule has 1 aliphatic heterocycles. The minimum absolute atomic E-state index is 0.0728. The van der Waals surface area contributed by atoms with Crippen molar-refractivity contribution in [2.45, 2.75) is 45.2 Å². The number of hydrogen-bond donors (Lipinski definition) is 0. The molecule has 1 fully saturated rings. The van der Waals surface area contributed by atoms with E-state index in [-0.39, 0.29) is 24.3 Å². The van der Waals surface area contributed by atoms with Gasteiger partial charge < -0.3 is 4.90 Å². The molecule has 2 heterocycles. The van der Waals surface area contributed by atoms with Gasteiger partial charge in [0.25, 0.3) is 5.91 Å². The summed E-state index contributed by atoms with van der Waals surface area (Å²) in [5.41, 5.74) is 0.863. The Morgan fingerprint density at radius 2 is 2.17 bits per heavy atom. The van der Waals surface area contributed by atoms with Gasteiger partial charge in [-0.25, -0.2) is 9.07 Å². The third kappa shape index (κ3) is 3.41. The molecule has 5 nitrogen and oxygen atoms in total. The quantitative estimate of drug-likeness (QED) is 0.871. The molecule has 2 aromatic rings. The normalized spacial score (nSPS) is 18.2. The van der Waals surface area contributed by atoms with Crippen LogP contribution in [-0.4, -0.2) is 38.4 Å². The van der Waals surface area contributed by atoms with Crippen molar-refractivity contribution in [3.05, 3.63) is 47.5 Å². The molecule has 23 heavy (non-hydrogen) atoms. The Kier molecular flexibility index (Phi) is 4.69. The molecule has 6 heteroatoms. The molecule has 0 radical (unpaired) electrons. The van der Waals surface area contributed by atoms with Gasteiger partial charge in [0.05, 0.1) is 12.7 Å². The fourth-order valence-corrected chi connectivity index (χ4v) is 3.11. The minimum Gasteiger partial charge on any atom is -0.334 e. The zero-order valence-corrected chi connectivity index (χ0v) is 13.3. The highest BCUT2D eigenvalue weighted by Crippen LogP contribution is 2.21. The Labute approximate surface area is 135 Å². The number of halogens is 1. The van der Waals surface area contributed by atoms with E-state index in [1.165, 1.54) is 17.2 Å². The summed E-state index contributed by atoms with van der Waals surface area (Å²) in [6.07, 6.45) is 5.81. The summed E-state index contributed by atoms with van der Waals surface area (Å²) in [6.45, 7) is 3.15. The fourth-order valence-electron chi connectivity index (χ4n) is 3.11. The van der Waals surface area contributed by atoms with Crippen molar-refractivity contribution < 1.29 is 9.18 Å². The van der Waals surface area contributed by atoms with Crippen molar-refractivity contribution in [3.8, 4) is 0 Å². The standard InChI is InChI=1S/C17H21FN4O/c1-2-14-8-5-6-10-22(14)17(23)16-12-21(20-19-16)11-13-7-3-4-9-15(13)18/h3-4,7,9,12,14H,2,5-6,8,10-11H2,1H3/t14-/m1/s1. The maximum atomic E-state index is 13.7. The summed E-state index contributed by atoms with van der Waals surface area (Å²) in [4.78, 5) is 14.5. The molecule has 1 aromatic carbocycles. The number of rotatable bonds is 4. The number of carbonyl (C=O) groups is 1. The average molecular weight is 316 g/mol. The molecule has 1 amide bonds. The molecule has 1 atom stereocenters. The van der Waals surface area contributed by atoms with Crippen molar-refractivity contribution in [3.63, 3.8) is 0 Å². The second-order valence-electron chi connectivity index (χ2n) is 5.95. The highest BCUT2D eigenvalue weighted by Gasteiger charge is 2.27. The summed E-state index contributed by atoms with van der Waals surface area (Å²) >= 11 is 0. The van der Waals surface area contributed by atoms with Crippen molar-refractivity contribution >= 4 is 5.91 Å². The molecule has 122 valence electrons. The molecular weight excluding hydrogens is 295 g/mol. The third-order valence-corrected chi connectivity index (χ3v) is 4.41. The van der Waals surface area contributed by atoms with Crippen LogP contribution in [0.2, 0.25) is 0 Å². The van der Waals surface area contributed by atoms with Gasteiger partial charge in [0.15, 0.2) is 5.69 Å². The predicted octanol–water partition coefficient (Wildman–Crippen LogP) is 2.87. The van der Waals surface area contributed by atoms with Gasteiger partial charge in [0.1, 0.15) is 5.82 Å². The highest BCUT2D eigenvalue weighted by atomic mass is 19.1. The molecule has 0 spiro atoms. The third-order valence-electron chi connectivity index (χ3n) is 4.41. The lowest BCUT2D eigenvalue weighted by Crippen LogP contribution is -2.43. The second-order valence-corrected chi connectivity index (χ2v) is 5.95. The Bertz CT molecular complexity index is 685. The molecule has 1 aliphatic rings. The molecule has 0 N–H and O–H groups in total. The number of carbonyl (C=O) groups excluding carboxylic acids is 1. The van der Waals surface area contributed by atoms with Gasteiger partial charge >= 0.3 is 0 Å². The number of nitrogens with zero attached hydrogens (tertiary/aromatic N) is 4. The minimum atomic E-state index is -0.280. The van der Waals surface area contributed by atoms with E-state index in [1.54, 1.807) is 24.4 Å². The molecule has 1 saturated heterocycles. The van der Waals surface area contributed by atoms with E-state index in [0.717, 1.165) is 25.8 Å².